The van der Waals surface area contributed by atoms with Crippen molar-refractivity contribution in [2.45, 2.75) is 20.8 Å². The molecule has 0 fully saturated rings. The second kappa shape index (κ2) is 8.06. The molecule has 0 spiro atoms. The van der Waals surface area contributed by atoms with Crippen molar-refractivity contribution >= 4 is 39.5 Å². The molecule has 0 saturated heterocycles. The number of carbonyl (C=O) groups excluding carboxylic acids is 2. The van der Waals surface area contributed by atoms with Gasteiger partial charge in [0.25, 0.3) is 11.8 Å². The summed E-state index contributed by atoms with van der Waals surface area (Å²) in [5.41, 5.74) is 5.94. The molecule has 33 heavy (non-hydrogen) atoms. The van der Waals surface area contributed by atoms with E-state index in [1.165, 1.54) is 4.90 Å². The molecule has 0 radical (unpaired) electrons. The van der Waals surface area contributed by atoms with Crippen molar-refractivity contribution in [2.75, 3.05) is 10.2 Å². The van der Waals surface area contributed by atoms with Gasteiger partial charge in [0.1, 0.15) is 5.70 Å². The molecule has 162 valence electrons. The van der Waals surface area contributed by atoms with Crippen LogP contribution in [-0.2, 0) is 9.59 Å². The molecule has 0 atom stereocenters. The Morgan fingerprint density at radius 1 is 0.697 bits per heavy atom. The van der Waals surface area contributed by atoms with Crippen LogP contribution in [0.5, 0.6) is 0 Å². The van der Waals surface area contributed by atoms with Crippen molar-refractivity contribution in [3.05, 3.63) is 113 Å². The highest BCUT2D eigenvalue weighted by Gasteiger charge is 2.41. The van der Waals surface area contributed by atoms with Gasteiger partial charge >= 0.3 is 0 Å². The summed E-state index contributed by atoms with van der Waals surface area (Å²) >= 11 is 0. The van der Waals surface area contributed by atoms with Crippen LogP contribution in [0.1, 0.15) is 22.3 Å². The van der Waals surface area contributed by atoms with Crippen LogP contribution in [0.4, 0.5) is 11.4 Å². The Kier molecular flexibility index (Phi) is 5.06. The number of hydrogen-bond acceptors (Lipinski definition) is 3. The van der Waals surface area contributed by atoms with E-state index >= 15 is 0 Å². The van der Waals surface area contributed by atoms with E-state index in [0.29, 0.717) is 17.0 Å². The molecule has 4 aromatic carbocycles. The molecule has 2 amide bonds. The molecule has 0 aliphatic carbocycles. The van der Waals surface area contributed by atoms with E-state index in [1.807, 2.05) is 106 Å². The van der Waals surface area contributed by atoms with Gasteiger partial charge in [-0.2, -0.15) is 0 Å². The maximum absolute atomic E-state index is 13.9. The van der Waals surface area contributed by atoms with Crippen molar-refractivity contribution in [3.63, 3.8) is 0 Å². The van der Waals surface area contributed by atoms with Crippen LogP contribution in [0.2, 0.25) is 0 Å². The molecule has 4 heteroatoms. The summed E-state index contributed by atoms with van der Waals surface area (Å²) in [6, 6.07) is 27.2. The predicted octanol–water partition coefficient (Wildman–Crippen LogP) is 6.16. The zero-order valence-electron chi connectivity index (χ0n) is 18.8. The Bertz CT molecular complexity index is 1460. The minimum absolute atomic E-state index is 0.297. The first kappa shape index (κ1) is 20.7. The third-order valence-corrected chi connectivity index (χ3v) is 6.03. The Morgan fingerprint density at radius 2 is 1.42 bits per heavy atom. The van der Waals surface area contributed by atoms with Crippen molar-refractivity contribution in [2.24, 2.45) is 0 Å². The van der Waals surface area contributed by atoms with Gasteiger partial charge in [-0.15, -0.1) is 0 Å². The van der Waals surface area contributed by atoms with Crippen molar-refractivity contribution in [1.82, 2.24) is 0 Å². The largest absolute Gasteiger partial charge is 0.350 e. The van der Waals surface area contributed by atoms with Gasteiger partial charge in [0.15, 0.2) is 0 Å². The minimum Gasteiger partial charge on any atom is -0.350 e. The lowest BCUT2D eigenvalue weighted by atomic mass is 9.97. The number of nitrogens with one attached hydrogen (secondary N) is 1. The van der Waals surface area contributed by atoms with Gasteiger partial charge in [0.2, 0.25) is 0 Å². The summed E-state index contributed by atoms with van der Waals surface area (Å²) in [4.78, 5) is 29.0. The first-order valence-electron chi connectivity index (χ1n) is 11.0. The van der Waals surface area contributed by atoms with Crippen LogP contribution < -0.4 is 10.2 Å². The quantitative estimate of drug-likeness (QED) is 0.393. The molecule has 1 aliphatic rings. The van der Waals surface area contributed by atoms with E-state index in [-0.39, 0.29) is 11.8 Å². The number of anilines is 2. The van der Waals surface area contributed by atoms with Crippen LogP contribution in [0.3, 0.4) is 0 Å². The highest BCUT2D eigenvalue weighted by Crippen LogP contribution is 2.37. The van der Waals surface area contributed by atoms with Crippen molar-refractivity contribution in [3.8, 4) is 0 Å². The fourth-order valence-electron chi connectivity index (χ4n) is 4.48. The summed E-state index contributed by atoms with van der Waals surface area (Å²) in [6.07, 6.45) is 0. The number of imide groups is 1. The lowest BCUT2D eigenvalue weighted by molar-refractivity contribution is -0.120. The van der Waals surface area contributed by atoms with Gasteiger partial charge in [-0.1, -0.05) is 72.3 Å². The first-order chi connectivity index (χ1) is 15.9. The molecule has 0 bridgehead atoms. The number of hydrogen-bond donors (Lipinski definition) is 1. The lowest BCUT2D eigenvalue weighted by Gasteiger charge is -2.18. The van der Waals surface area contributed by atoms with Crippen LogP contribution in [0.25, 0.3) is 16.3 Å². The molecule has 5 rings (SSSR count). The van der Waals surface area contributed by atoms with Crippen molar-refractivity contribution < 1.29 is 9.59 Å². The van der Waals surface area contributed by atoms with E-state index in [4.69, 9.17) is 0 Å². The standard InChI is InChI=1S/C29H24N2O2/c1-18-8-6-11-22(17-18)30-27-26(23-15-14-19(2)16-20(23)3)28(32)31(29(27)33)25-13-7-10-21-9-4-5-12-24(21)25/h4-17,30H,1-3H3. The molecule has 0 aromatic heterocycles. The second-order valence-electron chi connectivity index (χ2n) is 8.51. The summed E-state index contributed by atoms with van der Waals surface area (Å²) in [7, 11) is 0. The molecule has 1 N–H and O–H groups in total. The topological polar surface area (TPSA) is 49.4 Å². The maximum Gasteiger partial charge on any atom is 0.282 e. The van der Waals surface area contributed by atoms with Gasteiger partial charge in [-0.05, 0) is 61.0 Å². The van der Waals surface area contributed by atoms with Gasteiger partial charge in [-0.25, -0.2) is 4.90 Å². The number of carbonyl (C=O) groups is 2. The van der Waals surface area contributed by atoms with Gasteiger partial charge in [0.05, 0.1) is 11.3 Å². The number of benzene rings is 4. The van der Waals surface area contributed by atoms with E-state index in [2.05, 4.69) is 5.32 Å². The summed E-state index contributed by atoms with van der Waals surface area (Å²) in [5, 5.41) is 5.10. The normalized spacial score (nSPS) is 13.8. The van der Waals surface area contributed by atoms with E-state index < -0.39 is 0 Å². The highest BCUT2D eigenvalue weighted by atomic mass is 16.2. The van der Waals surface area contributed by atoms with Crippen molar-refractivity contribution in [1.29, 1.82) is 0 Å². The zero-order valence-corrected chi connectivity index (χ0v) is 18.8. The number of aryl methyl sites for hydroxylation is 3. The summed E-state index contributed by atoms with van der Waals surface area (Å²) in [6.45, 7) is 5.98. The van der Waals surface area contributed by atoms with E-state index in [9.17, 15) is 9.59 Å². The second-order valence-corrected chi connectivity index (χ2v) is 8.51. The molecule has 0 unspecified atom stereocenters. The molecule has 4 nitrogen and oxygen atoms in total. The summed E-state index contributed by atoms with van der Waals surface area (Å²) < 4.78 is 0. The van der Waals surface area contributed by atoms with Gasteiger partial charge in [-0.3, -0.25) is 9.59 Å². The Hall–Kier alpha value is -4.18. The Labute approximate surface area is 193 Å². The molecule has 0 saturated carbocycles. The van der Waals surface area contributed by atoms with Crippen LogP contribution >= 0.6 is 0 Å². The van der Waals surface area contributed by atoms with Gasteiger partial charge in [0, 0.05) is 11.1 Å². The monoisotopic (exact) mass is 432 g/mol. The van der Waals surface area contributed by atoms with Gasteiger partial charge < -0.3 is 5.32 Å². The number of nitrogens with zero attached hydrogens (tertiary/aromatic N) is 1. The molecular weight excluding hydrogens is 408 g/mol. The number of rotatable bonds is 4. The van der Waals surface area contributed by atoms with E-state index in [0.717, 1.165) is 38.7 Å². The number of amides is 2. The minimum atomic E-state index is -0.354. The van der Waals surface area contributed by atoms with Crippen LogP contribution in [0.15, 0.2) is 90.6 Å². The number of fused-ring (bicyclic) bond motifs is 1. The smallest absolute Gasteiger partial charge is 0.282 e. The van der Waals surface area contributed by atoms with Crippen LogP contribution in [-0.4, -0.2) is 11.8 Å². The molecule has 1 aliphatic heterocycles. The van der Waals surface area contributed by atoms with Crippen LogP contribution in [0, 0.1) is 20.8 Å². The summed E-state index contributed by atoms with van der Waals surface area (Å²) in [5.74, 6) is -0.675. The predicted molar refractivity (Wildman–Crippen MR) is 134 cm³/mol. The molecule has 1 heterocycles. The average molecular weight is 433 g/mol. The molecular formula is C29H24N2O2. The maximum atomic E-state index is 13.9. The highest BCUT2D eigenvalue weighted by molar-refractivity contribution is 6.47. The third-order valence-electron chi connectivity index (χ3n) is 6.03. The first-order valence-corrected chi connectivity index (χ1v) is 11.0. The fraction of sp³-hybridized carbons (Fsp3) is 0.103. The zero-order chi connectivity index (χ0) is 23.1. The molecule has 4 aromatic rings. The SMILES string of the molecule is Cc1cccc(NC2=C(c3ccc(C)cc3C)C(=O)N(c3cccc4ccccc34)C2=O)c1. The third kappa shape index (κ3) is 3.60. The van der Waals surface area contributed by atoms with E-state index in [1.54, 1.807) is 0 Å². The average Bonchev–Trinajstić information content (AvgIpc) is 3.03. The Morgan fingerprint density at radius 3 is 2.21 bits per heavy atom. The lowest BCUT2D eigenvalue weighted by Crippen LogP contribution is -2.32. The Balaban J connectivity index is 1.69. The fourth-order valence-corrected chi connectivity index (χ4v) is 4.48.